The van der Waals surface area contributed by atoms with Crippen LogP contribution in [0.15, 0.2) is 30.3 Å². The zero-order valence-corrected chi connectivity index (χ0v) is 12.7. The molecule has 5 heteroatoms. The van der Waals surface area contributed by atoms with Gasteiger partial charge in [-0.1, -0.05) is 6.07 Å². The first kappa shape index (κ1) is 15.6. The molecule has 0 N–H and O–H groups in total. The SMILES string of the molecule is COc1cc(F)c(C(Cl)c2ccc(F)cc2C)cc1OC. The van der Waals surface area contributed by atoms with Gasteiger partial charge in [0, 0.05) is 11.6 Å². The van der Waals surface area contributed by atoms with Crippen molar-refractivity contribution in [3.05, 3.63) is 58.7 Å². The monoisotopic (exact) mass is 312 g/mol. The Balaban J connectivity index is 2.50. The number of rotatable bonds is 4. The van der Waals surface area contributed by atoms with Gasteiger partial charge >= 0.3 is 0 Å². The van der Waals surface area contributed by atoms with E-state index >= 15 is 0 Å². The number of ether oxygens (including phenoxy) is 2. The molecule has 0 radical (unpaired) electrons. The minimum atomic E-state index is -0.745. The summed E-state index contributed by atoms with van der Waals surface area (Å²) in [4.78, 5) is 0. The molecule has 0 aromatic heterocycles. The zero-order valence-electron chi connectivity index (χ0n) is 11.9. The average molecular weight is 313 g/mol. The van der Waals surface area contributed by atoms with E-state index in [1.807, 2.05) is 0 Å². The molecule has 112 valence electrons. The second-order valence-electron chi connectivity index (χ2n) is 4.59. The molecular formula is C16H15ClF2O2. The molecule has 0 heterocycles. The molecule has 0 saturated carbocycles. The third-order valence-corrected chi connectivity index (χ3v) is 3.75. The van der Waals surface area contributed by atoms with E-state index in [1.165, 1.54) is 38.5 Å². The molecule has 2 nitrogen and oxygen atoms in total. The Kier molecular flexibility index (Phi) is 4.68. The first-order valence-electron chi connectivity index (χ1n) is 6.29. The fourth-order valence-electron chi connectivity index (χ4n) is 2.16. The molecule has 0 amide bonds. The number of hydrogen-bond donors (Lipinski definition) is 0. The lowest BCUT2D eigenvalue weighted by Crippen LogP contribution is -2.02. The molecule has 1 unspecified atom stereocenters. The molecule has 0 fully saturated rings. The number of hydrogen-bond acceptors (Lipinski definition) is 2. The highest BCUT2D eigenvalue weighted by molar-refractivity contribution is 6.22. The second-order valence-corrected chi connectivity index (χ2v) is 5.03. The highest BCUT2D eigenvalue weighted by Crippen LogP contribution is 2.38. The Morgan fingerprint density at radius 2 is 1.57 bits per heavy atom. The van der Waals surface area contributed by atoms with Gasteiger partial charge in [0.1, 0.15) is 11.6 Å². The Labute approximate surface area is 127 Å². The van der Waals surface area contributed by atoms with Crippen LogP contribution in [-0.4, -0.2) is 14.2 Å². The highest BCUT2D eigenvalue weighted by Gasteiger charge is 2.20. The van der Waals surface area contributed by atoms with Crippen LogP contribution in [0.25, 0.3) is 0 Å². The molecule has 0 spiro atoms. The normalized spacial score (nSPS) is 12.1. The minimum Gasteiger partial charge on any atom is -0.493 e. The molecule has 2 aromatic carbocycles. The van der Waals surface area contributed by atoms with E-state index in [4.69, 9.17) is 21.1 Å². The predicted octanol–water partition coefficient (Wildman–Crippen LogP) is 4.62. The maximum atomic E-state index is 14.2. The van der Waals surface area contributed by atoms with E-state index in [1.54, 1.807) is 13.0 Å². The van der Waals surface area contributed by atoms with Crippen LogP contribution >= 0.6 is 11.6 Å². The molecular weight excluding hydrogens is 298 g/mol. The number of benzene rings is 2. The van der Waals surface area contributed by atoms with Crippen molar-refractivity contribution >= 4 is 11.6 Å². The van der Waals surface area contributed by atoms with Gasteiger partial charge in [0.05, 0.1) is 19.6 Å². The van der Waals surface area contributed by atoms with Crippen LogP contribution in [0.4, 0.5) is 8.78 Å². The topological polar surface area (TPSA) is 18.5 Å². The zero-order chi connectivity index (χ0) is 15.6. The number of halogens is 3. The summed E-state index contributed by atoms with van der Waals surface area (Å²) in [5, 5.41) is -0.745. The minimum absolute atomic E-state index is 0.254. The van der Waals surface area contributed by atoms with Crippen molar-refractivity contribution in [1.29, 1.82) is 0 Å². The highest BCUT2D eigenvalue weighted by atomic mass is 35.5. The summed E-state index contributed by atoms with van der Waals surface area (Å²) >= 11 is 6.36. The smallest absolute Gasteiger partial charge is 0.163 e. The summed E-state index contributed by atoms with van der Waals surface area (Å²) < 4.78 is 37.6. The molecule has 0 saturated heterocycles. The van der Waals surface area contributed by atoms with Gasteiger partial charge in [0.2, 0.25) is 0 Å². The van der Waals surface area contributed by atoms with E-state index in [2.05, 4.69) is 0 Å². The van der Waals surface area contributed by atoms with Crippen molar-refractivity contribution < 1.29 is 18.3 Å². The molecule has 1 atom stereocenters. The maximum Gasteiger partial charge on any atom is 0.163 e. The van der Waals surface area contributed by atoms with Crippen molar-refractivity contribution in [3.8, 4) is 11.5 Å². The molecule has 0 bridgehead atoms. The van der Waals surface area contributed by atoms with Crippen molar-refractivity contribution in [1.82, 2.24) is 0 Å². The van der Waals surface area contributed by atoms with Crippen molar-refractivity contribution in [3.63, 3.8) is 0 Å². The van der Waals surface area contributed by atoms with Gasteiger partial charge in [-0.3, -0.25) is 0 Å². The average Bonchev–Trinajstić information content (AvgIpc) is 2.46. The van der Waals surface area contributed by atoms with Crippen LogP contribution < -0.4 is 9.47 Å². The molecule has 2 rings (SSSR count). The van der Waals surface area contributed by atoms with Gasteiger partial charge in [0.25, 0.3) is 0 Å². The van der Waals surface area contributed by atoms with E-state index in [0.717, 1.165) is 0 Å². The van der Waals surface area contributed by atoms with Crippen LogP contribution in [0.5, 0.6) is 11.5 Å². The number of methoxy groups -OCH3 is 2. The van der Waals surface area contributed by atoms with Gasteiger partial charge in [-0.25, -0.2) is 8.78 Å². The first-order valence-corrected chi connectivity index (χ1v) is 6.73. The quantitative estimate of drug-likeness (QED) is 0.767. The Bertz CT molecular complexity index is 659. The van der Waals surface area contributed by atoms with E-state index in [0.29, 0.717) is 22.6 Å². The van der Waals surface area contributed by atoms with Crippen molar-refractivity contribution in [2.75, 3.05) is 14.2 Å². The summed E-state index contributed by atoms with van der Waals surface area (Å²) in [6, 6.07) is 6.94. The standard InChI is InChI=1S/C16H15ClF2O2/c1-9-6-10(18)4-5-11(9)16(17)12-7-14(20-2)15(21-3)8-13(12)19/h4-8,16H,1-3H3. The summed E-state index contributed by atoms with van der Waals surface area (Å²) in [5.41, 5.74) is 1.55. The molecule has 2 aromatic rings. The second kappa shape index (κ2) is 6.31. The number of alkyl halides is 1. The van der Waals surface area contributed by atoms with Crippen LogP contribution in [0.2, 0.25) is 0 Å². The predicted molar refractivity (Wildman–Crippen MR) is 78.3 cm³/mol. The van der Waals surface area contributed by atoms with Gasteiger partial charge in [-0.15, -0.1) is 11.6 Å². The first-order chi connectivity index (χ1) is 9.97. The lowest BCUT2D eigenvalue weighted by Gasteiger charge is -2.16. The number of aryl methyl sites for hydroxylation is 1. The molecule has 21 heavy (non-hydrogen) atoms. The summed E-state index contributed by atoms with van der Waals surface area (Å²) in [7, 11) is 2.89. The Morgan fingerprint density at radius 3 is 2.14 bits per heavy atom. The third-order valence-electron chi connectivity index (χ3n) is 3.28. The van der Waals surface area contributed by atoms with Gasteiger partial charge in [0.15, 0.2) is 11.5 Å². The maximum absolute atomic E-state index is 14.2. The van der Waals surface area contributed by atoms with Gasteiger partial charge < -0.3 is 9.47 Å². The van der Waals surface area contributed by atoms with E-state index in [-0.39, 0.29) is 11.4 Å². The largest absolute Gasteiger partial charge is 0.493 e. The van der Waals surface area contributed by atoms with Gasteiger partial charge in [-0.05, 0) is 36.2 Å². The molecule has 0 aliphatic rings. The van der Waals surface area contributed by atoms with Crippen molar-refractivity contribution in [2.45, 2.75) is 12.3 Å². The van der Waals surface area contributed by atoms with Crippen LogP contribution in [0, 0.1) is 18.6 Å². The third kappa shape index (κ3) is 3.10. The summed E-state index contributed by atoms with van der Waals surface area (Å²) in [5.74, 6) is -0.179. The van der Waals surface area contributed by atoms with E-state index in [9.17, 15) is 8.78 Å². The van der Waals surface area contributed by atoms with Crippen LogP contribution in [0.1, 0.15) is 22.1 Å². The summed E-state index contributed by atoms with van der Waals surface area (Å²) in [6.45, 7) is 1.73. The van der Waals surface area contributed by atoms with Crippen LogP contribution in [0.3, 0.4) is 0 Å². The summed E-state index contributed by atoms with van der Waals surface area (Å²) in [6.07, 6.45) is 0. The Morgan fingerprint density at radius 1 is 0.952 bits per heavy atom. The van der Waals surface area contributed by atoms with Gasteiger partial charge in [-0.2, -0.15) is 0 Å². The fraction of sp³-hybridized carbons (Fsp3) is 0.250. The van der Waals surface area contributed by atoms with Crippen molar-refractivity contribution in [2.24, 2.45) is 0 Å². The molecule has 0 aliphatic carbocycles. The lowest BCUT2D eigenvalue weighted by molar-refractivity contribution is 0.351. The Hall–Kier alpha value is -1.81. The van der Waals surface area contributed by atoms with E-state index < -0.39 is 11.2 Å². The van der Waals surface area contributed by atoms with Crippen LogP contribution in [-0.2, 0) is 0 Å². The molecule has 0 aliphatic heterocycles. The lowest BCUT2D eigenvalue weighted by atomic mass is 9.99. The fourth-order valence-corrected chi connectivity index (χ4v) is 2.57.